The van der Waals surface area contributed by atoms with E-state index in [1.54, 1.807) is 5.57 Å². The van der Waals surface area contributed by atoms with E-state index >= 15 is 0 Å². The molecular formula is C15H24O. The maximum atomic E-state index is 9.78. The fraction of sp³-hybridized carbons (Fsp3) is 0.733. The summed E-state index contributed by atoms with van der Waals surface area (Å²) in [6, 6.07) is 0. The van der Waals surface area contributed by atoms with E-state index in [0.29, 0.717) is 11.3 Å². The van der Waals surface area contributed by atoms with Crippen LogP contribution in [0.25, 0.3) is 0 Å². The van der Waals surface area contributed by atoms with Gasteiger partial charge in [-0.15, -0.1) is 0 Å². The summed E-state index contributed by atoms with van der Waals surface area (Å²) < 4.78 is 0. The minimum absolute atomic E-state index is 0.212. The molecule has 16 heavy (non-hydrogen) atoms. The Balaban J connectivity index is 2.33. The van der Waals surface area contributed by atoms with Crippen LogP contribution >= 0.6 is 0 Å². The first-order valence-electron chi connectivity index (χ1n) is 6.48. The van der Waals surface area contributed by atoms with Crippen LogP contribution in [-0.2, 0) is 0 Å². The zero-order valence-electron chi connectivity index (χ0n) is 11.0. The summed E-state index contributed by atoms with van der Waals surface area (Å²) in [6.07, 6.45) is 6.58. The summed E-state index contributed by atoms with van der Waals surface area (Å²) in [4.78, 5) is 0. The second-order valence-electron chi connectivity index (χ2n) is 5.99. The maximum absolute atomic E-state index is 9.78. The summed E-state index contributed by atoms with van der Waals surface area (Å²) in [5, 5.41) is 9.78. The molecule has 2 aliphatic carbocycles. The van der Waals surface area contributed by atoms with Crippen molar-refractivity contribution in [3.63, 3.8) is 0 Å². The SMILES string of the molecule is CC1=CC(O)C[C@@H](C)[C@]12CCC(=C(C)C)C2. The molecule has 0 aromatic heterocycles. The normalized spacial score (nSPS) is 39.1. The van der Waals surface area contributed by atoms with E-state index in [4.69, 9.17) is 0 Å². The third kappa shape index (κ3) is 1.75. The second-order valence-corrected chi connectivity index (χ2v) is 5.99. The van der Waals surface area contributed by atoms with Crippen molar-refractivity contribution < 1.29 is 5.11 Å². The Morgan fingerprint density at radius 2 is 2.12 bits per heavy atom. The van der Waals surface area contributed by atoms with Gasteiger partial charge in [-0.1, -0.05) is 29.7 Å². The molecule has 0 aromatic rings. The topological polar surface area (TPSA) is 20.2 Å². The number of hydrogen-bond acceptors (Lipinski definition) is 1. The van der Waals surface area contributed by atoms with Crippen molar-refractivity contribution >= 4 is 0 Å². The lowest BCUT2D eigenvalue weighted by Crippen LogP contribution is -2.34. The van der Waals surface area contributed by atoms with Crippen LogP contribution in [0, 0.1) is 11.3 Å². The molecule has 2 rings (SSSR count). The number of rotatable bonds is 0. The standard InChI is InChI=1S/C15H24O/c1-10(2)13-5-6-15(9-13)11(3)7-14(16)8-12(15)4/h7,12,14,16H,5-6,8-9H2,1-4H3/t12-,14?,15+/m1/s1. The van der Waals surface area contributed by atoms with Gasteiger partial charge in [0.05, 0.1) is 6.10 Å². The molecule has 0 heterocycles. The van der Waals surface area contributed by atoms with Gasteiger partial charge in [-0.25, -0.2) is 0 Å². The quantitative estimate of drug-likeness (QED) is 0.615. The Kier molecular flexibility index (Phi) is 3.00. The van der Waals surface area contributed by atoms with Gasteiger partial charge in [-0.05, 0) is 57.8 Å². The summed E-state index contributed by atoms with van der Waals surface area (Å²) in [5.41, 5.74) is 4.94. The summed E-state index contributed by atoms with van der Waals surface area (Å²) >= 11 is 0. The van der Waals surface area contributed by atoms with Crippen LogP contribution in [0.1, 0.15) is 53.4 Å². The number of hydrogen-bond donors (Lipinski definition) is 1. The summed E-state index contributed by atoms with van der Waals surface area (Å²) in [6.45, 7) is 8.99. The molecule has 0 amide bonds. The Morgan fingerprint density at radius 3 is 2.62 bits per heavy atom. The predicted molar refractivity (Wildman–Crippen MR) is 68.2 cm³/mol. The molecule has 1 spiro atoms. The average molecular weight is 220 g/mol. The molecule has 90 valence electrons. The van der Waals surface area contributed by atoms with Crippen LogP contribution in [0.3, 0.4) is 0 Å². The number of aliphatic hydroxyl groups is 1. The molecule has 1 heteroatoms. The second kappa shape index (κ2) is 4.03. The van der Waals surface area contributed by atoms with E-state index in [9.17, 15) is 5.11 Å². The Bertz CT molecular complexity index is 346. The van der Waals surface area contributed by atoms with Gasteiger partial charge in [0.1, 0.15) is 0 Å². The molecule has 0 radical (unpaired) electrons. The Hall–Kier alpha value is -0.560. The summed E-state index contributed by atoms with van der Waals surface area (Å²) in [7, 11) is 0. The molecule has 1 saturated carbocycles. The minimum atomic E-state index is -0.212. The highest BCUT2D eigenvalue weighted by molar-refractivity contribution is 5.29. The van der Waals surface area contributed by atoms with Crippen molar-refractivity contribution in [2.24, 2.45) is 11.3 Å². The third-order valence-electron chi connectivity index (χ3n) is 4.87. The highest BCUT2D eigenvalue weighted by Crippen LogP contribution is 2.55. The Labute approximate surface area is 99.3 Å². The van der Waals surface area contributed by atoms with Gasteiger partial charge in [0.15, 0.2) is 0 Å². The van der Waals surface area contributed by atoms with Crippen LogP contribution in [0.15, 0.2) is 22.8 Å². The zero-order valence-corrected chi connectivity index (χ0v) is 11.0. The van der Waals surface area contributed by atoms with E-state index in [0.717, 1.165) is 6.42 Å². The van der Waals surface area contributed by atoms with Crippen molar-refractivity contribution in [3.05, 3.63) is 22.8 Å². The van der Waals surface area contributed by atoms with E-state index < -0.39 is 0 Å². The highest BCUT2D eigenvalue weighted by atomic mass is 16.3. The minimum Gasteiger partial charge on any atom is -0.389 e. The van der Waals surface area contributed by atoms with Gasteiger partial charge < -0.3 is 5.11 Å². The Morgan fingerprint density at radius 1 is 1.44 bits per heavy atom. The molecule has 2 aliphatic rings. The molecule has 0 aromatic carbocycles. The first kappa shape index (κ1) is 11.9. The fourth-order valence-electron chi connectivity index (χ4n) is 3.61. The zero-order chi connectivity index (χ0) is 11.9. The number of aliphatic hydroxyl groups excluding tert-OH is 1. The predicted octanol–water partition coefficient (Wildman–Crippen LogP) is 3.84. The average Bonchev–Trinajstić information content (AvgIpc) is 2.60. The van der Waals surface area contributed by atoms with Gasteiger partial charge in [-0.3, -0.25) is 0 Å². The fourth-order valence-corrected chi connectivity index (χ4v) is 3.61. The smallest absolute Gasteiger partial charge is 0.0726 e. The molecule has 1 nitrogen and oxygen atoms in total. The van der Waals surface area contributed by atoms with E-state index in [2.05, 4.69) is 33.8 Å². The monoisotopic (exact) mass is 220 g/mol. The van der Waals surface area contributed by atoms with Crippen LogP contribution in [0.2, 0.25) is 0 Å². The largest absolute Gasteiger partial charge is 0.389 e. The molecule has 1 fully saturated rings. The van der Waals surface area contributed by atoms with Gasteiger partial charge in [0.2, 0.25) is 0 Å². The van der Waals surface area contributed by atoms with Crippen molar-refractivity contribution in [2.45, 2.75) is 59.5 Å². The molecule has 0 saturated heterocycles. The molecule has 0 aliphatic heterocycles. The third-order valence-corrected chi connectivity index (χ3v) is 4.87. The van der Waals surface area contributed by atoms with Gasteiger partial charge >= 0.3 is 0 Å². The van der Waals surface area contributed by atoms with E-state index in [1.165, 1.54) is 30.4 Å². The van der Waals surface area contributed by atoms with Crippen molar-refractivity contribution in [1.82, 2.24) is 0 Å². The van der Waals surface area contributed by atoms with E-state index in [-0.39, 0.29) is 6.10 Å². The van der Waals surface area contributed by atoms with Crippen molar-refractivity contribution in [1.29, 1.82) is 0 Å². The van der Waals surface area contributed by atoms with Crippen LogP contribution in [0.4, 0.5) is 0 Å². The van der Waals surface area contributed by atoms with Gasteiger partial charge in [0.25, 0.3) is 0 Å². The summed E-state index contributed by atoms with van der Waals surface area (Å²) in [5.74, 6) is 0.615. The highest BCUT2D eigenvalue weighted by Gasteiger charge is 2.44. The lowest BCUT2D eigenvalue weighted by molar-refractivity contribution is 0.115. The molecule has 1 unspecified atom stereocenters. The molecule has 0 bridgehead atoms. The first-order valence-corrected chi connectivity index (χ1v) is 6.48. The lowest BCUT2D eigenvalue weighted by atomic mass is 9.64. The van der Waals surface area contributed by atoms with Crippen LogP contribution in [-0.4, -0.2) is 11.2 Å². The molecule has 3 atom stereocenters. The molecule has 1 N–H and O–H groups in total. The van der Waals surface area contributed by atoms with Gasteiger partial charge in [-0.2, -0.15) is 0 Å². The van der Waals surface area contributed by atoms with Crippen LogP contribution < -0.4 is 0 Å². The van der Waals surface area contributed by atoms with Gasteiger partial charge in [0, 0.05) is 0 Å². The van der Waals surface area contributed by atoms with Crippen LogP contribution in [0.5, 0.6) is 0 Å². The first-order chi connectivity index (χ1) is 7.45. The lowest BCUT2D eigenvalue weighted by Gasteiger charge is -2.41. The molecular weight excluding hydrogens is 196 g/mol. The van der Waals surface area contributed by atoms with Crippen molar-refractivity contribution in [3.8, 4) is 0 Å². The number of allylic oxidation sites excluding steroid dienone is 3. The van der Waals surface area contributed by atoms with E-state index in [1.807, 2.05) is 0 Å². The maximum Gasteiger partial charge on any atom is 0.0726 e. The van der Waals surface area contributed by atoms with Crippen molar-refractivity contribution in [2.75, 3.05) is 0 Å².